The van der Waals surface area contributed by atoms with Crippen LogP contribution in [-0.2, 0) is 11.2 Å². The highest BCUT2D eigenvalue weighted by Gasteiger charge is 2.18. The van der Waals surface area contributed by atoms with Crippen LogP contribution >= 0.6 is 0 Å². The summed E-state index contributed by atoms with van der Waals surface area (Å²) >= 11 is 0. The first-order chi connectivity index (χ1) is 10.1. The van der Waals surface area contributed by atoms with Gasteiger partial charge in [0.25, 0.3) is 0 Å². The van der Waals surface area contributed by atoms with E-state index in [1.165, 1.54) is 0 Å². The Morgan fingerprint density at radius 3 is 2.52 bits per heavy atom. The number of hydrogen-bond donors (Lipinski definition) is 1. The number of nitrogens with one attached hydrogen (secondary N) is 1. The lowest BCUT2D eigenvalue weighted by molar-refractivity contribution is -0.310. The Balaban J connectivity index is 2.02. The second-order valence-corrected chi connectivity index (χ2v) is 5.38. The van der Waals surface area contributed by atoms with E-state index in [9.17, 15) is 9.90 Å². The first-order valence-corrected chi connectivity index (χ1v) is 6.98. The van der Waals surface area contributed by atoms with Crippen LogP contribution in [0.5, 0.6) is 0 Å². The van der Waals surface area contributed by atoms with Gasteiger partial charge < -0.3 is 19.5 Å². The van der Waals surface area contributed by atoms with Gasteiger partial charge >= 0.3 is 0 Å². The fourth-order valence-electron chi connectivity index (χ4n) is 2.96. The van der Waals surface area contributed by atoms with Crippen molar-refractivity contribution >= 4 is 16.9 Å². The number of aromatic amines is 1. The van der Waals surface area contributed by atoms with Crippen molar-refractivity contribution in [1.82, 2.24) is 9.55 Å². The summed E-state index contributed by atoms with van der Waals surface area (Å²) in [6.07, 6.45) is 2.29. The molecule has 0 aliphatic carbocycles. The Morgan fingerprint density at radius 1 is 1.19 bits per heavy atom. The Bertz CT molecular complexity index is 779. The summed E-state index contributed by atoms with van der Waals surface area (Å²) in [4.78, 5) is 14.8. The molecule has 0 bridgehead atoms. The van der Waals surface area contributed by atoms with Gasteiger partial charge in [-0.15, -0.1) is 0 Å². The van der Waals surface area contributed by atoms with Crippen LogP contribution in [0.4, 0.5) is 0 Å². The second kappa shape index (κ2) is 5.13. The zero-order valence-corrected chi connectivity index (χ0v) is 12.1. The summed E-state index contributed by atoms with van der Waals surface area (Å²) < 4.78 is 1.83. The third kappa shape index (κ3) is 2.33. The van der Waals surface area contributed by atoms with Crippen LogP contribution in [0.3, 0.4) is 0 Å². The van der Waals surface area contributed by atoms with E-state index < -0.39 is 12.0 Å². The van der Waals surface area contributed by atoms with Crippen molar-refractivity contribution in [2.75, 3.05) is 0 Å². The van der Waals surface area contributed by atoms with E-state index in [1.54, 1.807) is 0 Å². The third-order valence-electron chi connectivity index (χ3n) is 4.00. The number of carbonyl (C=O) groups excluding carboxylic acids is 1. The number of hydrogen-bond acceptors (Lipinski definition) is 2. The lowest BCUT2D eigenvalue weighted by atomic mass is 10.0. The van der Waals surface area contributed by atoms with Gasteiger partial charge in [0.05, 0.1) is 12.0 Å². The van der Waals surface area contributed by atoms with E-state index in [4.69, 9.17) is 0 Å². The summed E-state index contributed by atoms with van der Waals surface area (Å²) in [5.74, 6) is -1.05. The summed E-state index contributed by atoms with van der Waals surface area (Å²) in [7, 11) is 0. The molecule has 0 amide bonds. The minimum atomic E-state index is -1.05. The molecule has 108 valence electrons. The average Bonchev–Trinajstić information content (AvgIpc) is 3.01. The van der Waals surface area contributed by atoms with Gasteiger partial charge in [-0.05, 0) is 37.6 Å². The summed E-state index contributed by atoms with van der Waals surface area (Å²) in [5.41, 5.74) is 3.88. The number of aromatic nitrogens is 2. The molecule has 0 saturated heterocycles. The Labute approximate surface area is 123 Å². The molecule has 1 aromatic carbocycles. The van der Waals surface area contributed by atoms with Gasteiger partial charge in [-0.2, -0.15) is 0 Å². The molecule has 2 heterocycles. The molecule has 2 aromatic heterocycles. The van der Waals surface area contributed by atoms with Crippen molar-refractivity contribution in [3.8, 4) is 0 Å². The summed E-state index contributed by atoms with van der Waals surface area (Å²) in [6, 6.07) is 11.1. The maximum atomic E-state index is 11.6. The predicted molar refractivity (Wildman–Crippen MR) is 80.0 cm³/mol. The first-order valence-electron chi connectivity index (χ1n) is 6.98. The smallest absolute Gasteiger partial charge is 0.0770 e. The number of aryl methyl sites for hydroxylation is 2. The van der Waals surface area contributed by atoms with Gasteiger partial charge in [-0.3, -0.25) is 0 Å². The standard InChI is InChI=1S/C17H18N2O2/c1-11-7-8-12(2)19(11)16(17(20)21)9-13-10-18-15-6-4-3-5-14(13)15/h3-8,10,16,18H,9H2,1-2H3,(H,20,21)/p-1/t16-/m0/s1. The van der Waals surface area contributed by atoms with Gasteiger partial charge in [0.2, 0.25) is 0 Å². The lowest BCUT2D eigenvalue weighted by Gasteiger charge is -2.23. The number of aliphatic carboxylic acids is 1. The van der Waals surface area contributed by atoms with Crippen LogP contribution in [0.2, 0.25) is 0 Å². The van der Waals surface area contributed by atoms with Crippen LogP contribution < -0.4 is 5.11 Å². The van der Waals surface area contributed by atoms with E-state index in [1.807, 2.05) is 61.0 Å². The van der Waals surface area contributed by atoms with E-state index in [2.05, 4.69) is 4.98 Å². The molecule has 0 radical (unpaired) electrons. The van der Waals surface area contributed by atoms with Crippen molar-refractivity contribution in [2.45, 2.75) is 26.3 Å². The maximum absolute atomic E-state index is 11.6. The quantitative estimate of drug-likeness (QED) is 0.796. The van der Waals surface area contributed by atoms with E-state index in [-0.39, 0.29) is 0 Å². The molecule has 21 heavy (non-hydrogen) atoms. The minimum absolute atomic E-state index is 0.405. The van der Waals surface area contributed by atoms with E-state index in [0.29, 0.717) is 6.42 Å². The first kappa shape index (κ1) is 13.5. The molecule has 0 aliphatic rings. The monoisotopic (exact) mass is 281 g/mol. The van der Waals surface area contributed by atoms with Gasteiger partial charge in [-0.25, -0.2) is 0 Å². The van der Waals surface area contributed by atoms with Crippen LogP contribution in [0.15, 0.2) is 42.6 Å². The SMILES string of the molecule is Cc1ccc(C)n1[C@@H](Cc1c[nH]c2ccccc12)C(=O)[O-]. The Hall–Kier alpha value is -2.49. The van der Waals surface area contributed by atoms with Crippen LogP contribution in [-0.4, -0.2) is 15.5 Å². The second-order valence-electron chi connectivity index (χ2n) is 5.38. The number of carbonyl (C=O) groups is 1. The zero-order chi connectivity index (χ0) is 15.0. The molecule has 0 spiro atoms. The van der Waals surface area contributed by atoms with Crippen LogP contribution in [0, 0.1) is 13.8 Å². The molecule has 0 unspecified atom stereocenters. The average molecular weight is 281 g/mol. The topological polar surface area (TPSA) is 60.8 Å². The van der Waals surface area contributed by atoms with Crippen LogP contribution in [0.25, 0.3) is 10.9 Å². The van der Waals surface area contributed by atoms with Crippen LogP contribution in [0.1, 0.15) is 23.0 Å². The molecule has 4 heteroatoms. The van der Waals surface area contributed by atoms with Gasteiger partial charge in [-0.1, -0.05) is 18.2 Å². The Kier molecular flexibility index (Phi) is 3.29. The molecule has 4 nitrogen and oxygen atoms in total. The van der Waals surface area contributed by atoms with Crippen molar-refractivity contribution in [2.24, 2.45) is 0 Å². The number of rotatable bonds is 4. The van der Waals surface area contributed by atoms with E-state index in [0.717, 1.165) is 27.9 Å². The van der Waals surface area contributed by atoms with Gasteiger partial charge in [0.1, 0.15) is 0 Å². The molecule has 0 saturated carbocycles. The Morgan fingerprint density at radius 2 is 1.86 bits per heavy atom. The zero-order valence-electron chi connectivity index (χ0n) is 12.1. The van der Waals surface area contributed by atoms with E-state index >= 15 is 0 Å². The fourth-order valence-corrected chi connectivity index (χ4v) is 2.96. The molecule has 3 rings (SSSR count). The van der Waals surface area contributed by atoms with Crippen molar-refractivity contribution < 1.29 is 9.90 Å². The molecule has 1 N–H and O–H groups in total. The number of para-hydroxylation sites is 1. The predicted octanol–water partition coefficient (Wildman–Crippen LogP) is 2.12. The van der Waals surface area contributed by atoms with Crippen molar-refractivity contribution in [3.63, 3.8) is 0 Å². The molecular weight excluding hydrogens is 264 g/mol. The minimum Gasteiger partial charge on any atom is -0.548 e. The summed E-state index contributed by atoms with van der Waals surface area (Å²) in [6.45, 7) is 3.83. The van der Waals surface area contributed by atoms with Gasteiger partial charge in [0.15, 0.2) is 0 Å². The highest BCUT2D eigenvalue weighted by atomic mass is 16.4. The number of nitrogens with zero attached hydrogens (tertiary/aromatic N) is 1. The highest BCUT2D eigenvalue weighted by Crippen LogP contribution is 2.25. The number of fused-ring (bicyclic) bond motifs is 1. The normalized spacial score (nSPS) is 12.7. The molecule has 0 aliphatic heterocycles. The summed E-state index contributed by atoms with van der Waals surface area (Å²) in [5, 5.41) is 12.7. The molecule has 0 fully saturated rings. The number of H-pyrrole nitrogens is 1. The lowest BCUT2D eigenvalue weighted by Crippen LogP contribution is -2.35. The largest absolute Gasteiger partial charge is 0.548 e. The molecular formula is C17H17N2O2-. The van der Waals surface area contributed by atoms with Gasteiger partial charge in [0, 0.05) is 34.9 Å². The fraction of sp³-hybridized carbons (Fsp3) is 0.235. The van der Waals surface area contributed by atoms with Crippen molar-refractivity contribution in [3.05, 3.63) is 59.5 Å². The van der Waals surface area contributed by atoms with Crippen molar-refractivity contribution in [1.29, 1.82) is 0 Å². The highest BCUT2D eigenvalue weighted by molar-refractivity contribution is 5.84. The third-order valence-corrected chi connectivity index (χ3v) is 4.00. The molecule has 1 atom stereocenters. The maximum Gasteiger partial charge on any atom is 0.0770 e. The molecule has 3 aromatic rings. The number of carboxylic acid groups (broad SMARTS) is 1. The number of carboxylic acids is 1. The number of benzene rings is 1.